The number of benzene rings is 1. The molecule has 0 aliphatic heterocycles. The normalized spacial score (nSPS) is 10.7. The summed E-state index contributed by atoms with van der Waals surface area (Å²) in [7, 11) is 1.93. The van der Waals surface area contributed by atoms with E-state index in [1.54, 1.807) is 12.3 Å². The molecule has 6 heteroatoms. The molecule has 0 unspecified atom stereocenters. The Morgan fingerprint density at radius 2 is 2.14 bits per heavy atom. The second-order valence-corrected chi connectivity index (χ2v) is 5.63. The monoisotopic (exact) mass is 299 g/mol. The van der Waals surface area contributed by atoms with Gasteiger partial charge in [-0.05, 0) is 24.3 Å². The lowest BCUT2D eigenvalue weighted by molar-refractivity contribution is 0.0691. The van der Waals surface area contributed by atoms with Gasteiger partial charge in [0.1, 0.15) is 10.7 Å². The van der Waals surface area contributed by atoms with Crippen molar-refractivity contribution in [2.24, 2.45) is 0 Å². The van der Waals surface area contributed by atoms with Crippen LogP contribution in [0.5, 0.6) is 0 Å². The Morgan fingerprint density at radius 1 is 1.29 bits per heavy atom. The number of carboxylic acid groups (broad SMARTS) is 1. The van der Waals surface area contributed by atoms with Gasteiger partial charge in [-0.2, -0.15) is 0 Å². The van der Waals surface area contributed by atoms with Crippen LogP contribution in [0.3, 0.4) is 0 Å². The summed E-state index contributed by atoms with van der Waals surface area (Å²) in [6.45, 7) is 0. The molecule has 2 heterocycles. The maximum Gasteiger partial charge on any atom is 0.352 e. The number of carboxylic acids is 1. The molecule has 3 rings (SSSR count). The Hall–Kier alpha value is -2.47. The smallest absolute Gasteiger partial charge is 0.352 e. The van der Waals surface area contributed by atoms with Crippen LogP contribution >= 0.6 is 11.9 Å². The van der Waals surface area contributed by atoms with Crippen LogP contribution < -0.4 is 4.31 Å². The maximum atomic E-state index is 11.1. The molecule has 0 bridgehead atoms. The van der Waals surface area contributed by atoms with Crippen molar-refractivity contribution in [1.29, 1.82) is 0 Å². The number of anilines is 1. The van der Waals surface area contributed by atoms with Gasteiger partial charge in [0.25, 0.3) is 0 Å². The van der Waals surface area contributed by atoms with Crippen molar-refractivity contribution in [2.45, 2.75) is 5.03 Å². The molecular weight excluding hydrogens is 286 g/mol. The SMILES string of the molecule is CN(Sc1ccccn1)c1cccc2cc(C(=O)O)[nH]c12. The Bertz CT molecular complexity index is 786. The van der Waals surface area contributed by atoms with Gasteiger partial charge < -0.3 is 14.4 Å². The zero-order valence-electron chi connectivity index (χ0n) is 11.3. The number of aromatic amines is 1. The Labute approximate surface area is 125 Å². The molecule has 0 fully saturated rings. The van der Waals surface area contributed by atoms with Crippen LogP contribution in [0.15, 0.2) is 53.7 Å². The van der Waals surface area contributed by atoms with Gasteiger partial charge in [-0.3, -0.25) is 0 Å². The summed E-state index contributed by atoms with van der Waals surface area (Å²) in [6, 6.07) is 13.1. The fourth-order valence-corrected chi connectivity index (χ4v) is 2.89. The highest BCUT2D eigenvalue weighted by molar-refractivity contribution is 8.00. The van der Waals surface area contributed by atoms with Crippen molar-refractivity contribution in [3.05, 3.63) is 54.4 Å². The van der Waals surface area contributed by atoms with Crippen molar-refractivity contribution in [2.75, 3.05) is 11.4 Å². The Morgan fingerprint density at radius 3 is 2.86 bits per heavy atom. The van der Waals surface area contributed by atoms with Gasteiger partial charge >= 0.3 is 5.97 Å². The average Bonchev–Trinajstić information content (AvgIpc) is 2.92. The molecule has 5 nitrogen and oxygen atoms in total. The van der Waals surface area contributed by atoms with E-state index in [1.807, 2.05) is 47.8 Å². The minimum absolute atomic E-state index is 0.189. The van der Waals surface area contributed by atoms with Gasteiger partial charge in [-0.25, -0.2) is 9.78 Å². The fraction of sp³-hybridized carbons (Fsp3) is 0.0667. The summed E-state index contributed by atoms with van der Waals surface area (Å²) in [4.78, 5) is 18.3. The van der Waals surface area contributed by atoms with Crippen molar-refractivity contribution in [3.63, 3.8) is 0 Å². The summed E-state index contributed by atoms with van der Waals surface area (Å²) in [5.74, 6) is -0.961. The highest BCUT2D eigenvalue weighted by Gasteiger charge is 2.13. The van der Waals surface area contributed by atoms with E-state index in [4.69, 9.17) is 5.11 Å². The highest BCUT2D eigenvalue weighted by atomic mass is 32.2. The van der Waals surface area contributed by atoms with Gasteiger partial charge in [-0.15, -0.1) is 0 Å². The number of aromatic carboxylic acids is 1. The number of fused-ring (bicyclic) bond motifs is 1. The number of nitrogens with one attached hydrogen (secondary N) is 1. The van der Waals surface area contributed by atoms with E-state index in [9.17, 15) is 4.79 Å². The first kappa shape index (κ1) is 13.5. The molecular formula is C15H13N3O2S. The molecule has 3 aromatic rings. The van der Waals surface area contributed by atoms with Crippen LogP contribution in [0.25, 0.3) is 10.9 Å². The van der Waals surface area contributed by atoms with Crippen LogP contribution in [0.2, 0.25) is 0 Å². The van der Waals surface area contributed by atoms with Crippen LogP contribution in [0.1, 0.15) is 10.5 Å². The fourth-order valence-electron chi connectivity index (χ4n) is 2.11. The van der Waals surface area contributed by atoms with Crippen LogP contribution in [-0.2, 0) is 0 Å². The van der Waals surface area contributed by atoms with E-state index in [0.717, 1.165) is 21.6 Å². The largest absolute Gasteiger partial charge is 0.477 e. The van der Waals surface area contributed by atoms with Crippen molar-refractivity contribution < 1.29 is 9.90 Å². The number of aromatic nitrogens is 2. The molecule has 2 N–H and O–H groups in total. The van der Waals surface area contributed by atoms with E-state index < -0.39 is 5.97 Å². The standard InChI is InChI=1S/C15H13N3O2S/c1-18(21-13-7-2-3-8-16-13)12-6-4-5-10-9-11(15(19)20)17-14(10)12/h2-9,17H,1H3,(H,19,20). The number of H-pyrrole nitrogens is 1. The van der Waals surface area contributed by atoms with Gasteiger partial charge in [0, 0.05) is 30.6 Å². The van der Waals surface area contributed by atoms with Crippen LogP contribution in [-0.4, -0.2) is 28.1 Å². The Balaban J connectivity index is 1.97. The molecule has 106 valence electrons. The van der Waals surface area contributed by atoms with Gasteiger partial charge in [0.05, 0.1) is 11.2 Å². The first-order valence-corrected chi connectivity index (χ1v) is 7.10. The molecule has 0 spiro atoms. The number of nitrogens with zero attached hydrogens (tertiary/aromatic N) is 2. The first-order chi connectivity index (χ1) is 10.1. The number of hydrogen-bond acceptors (Lipinski definition) is 4. The van der Waals surface area contributed by atoms with Crippen LogP contribution in [0.4, 0.5) is 5.69 Å². The predicted octanol–water partition coefficient (Wildman–Crippen LogP) is 3.40. The summed E-state index contributed by atoms with van der Waals surface area (Å²) < 4.78 is 1.97. The zero-order valence-corrected chi connectivity index (χ0v) is 12.1. The molecule has 0 aliphatic carbocycles. The van der Waals surface area contributed by atoms with E-state index in [0.29, 0.717) is 0 Å². The molecule has 0 saturated heterocycles. The zero-order chi connectivity index (χ0) is 14.8. The third-order valence-corrected chi connectivity index (χ3v) is 3.97. The van der Waals surface area contributed by atoms with Crippen LogP contribution in [0, 0.1) is 0 Å². The number of hydrogen-bond donors (Lipinski definition) is 2. The highest BCUT2D eigenvalue weighted by Crippen LogP contribution is 2.32. The summed E-state index contributed by atoms with van der Waals surface area (Å²) in [5.41, 5.74) is 1.91. The van der Waals surface area contributed by atoms with Crippen molar-refractivity contribution in [3.8, 4) is 0 Å². The van der Waals surface area contributed by atoms with E-state index >= 15 is 0 Å². The van der Waals surface area contributed by atoms with Gasteiger partial charge in [0.15, 0.2) is 0 Å². The maximum absolute atomic E-state index is 11.1. The molecule has 1 aromatic carbocycles. The van der Waals surface area contributed by atoms with E-state index in [-0.39, 0.29) is 5.69 Å². The van der Waals surface area contributed by atoms with Gasteiger partial charge in [-0.1, -0.05) is 18.2 Å². The quantitative estimate of drug-likeness (QED) is 0.723. The minimum Gasteiger partial charge on any atom is -0.477 e. The van der Waals surface area contributed by atoms with E-state index in [2.05, 4.69) is 9.97 Å². The molecule has 21 heavy (non-hydrogen) atoms. The van der Waals surface area contributed by atoms with Crippen molar-refractivity contribution >= 4 is 34.5 Å². The second-order valence-electron chi connectivity index (χ2n) is 4.49. The third-order valence-electron chi connectivity index (χ3n) is 3.07. The minimum atomic E-state index is -0.961. The molecule has 0 radical (unpaired) electrons. The number of para-hydroxylation sites is 1. The topological polar surface area (TPSA) is 69.2 Å². The van der Waals surface area contributed by atoms with E-state index in [1.165, 1.54) is 11.9 Å². The predicted molar refractivity (Wildman–Crippen MR) is 83.8 cm³/mol. The molecule has 0 amide bonds. The molecule has 0 saturated carbocycles. The van der Waals surface area contributed by atoms with Crippen molar-refractivity contribution in [1.82, 2.24) is 9.97 Å². The number of rotatable bonds is 4. The summed E-state index contributed by atoms with van der Waals surface area (Å²) in [5, 5.41) is 10.8. The Kier molecular flexibility index (Phi) is 3.53. The average molecular weight is 299 g/mol. The van der Waals surface area contributed by atoms with Gasteiger partial charge in [0.2, 0.25) is 0 Å². The lowest BCUT2D eigenvalue weighted by Crippen LogP contribution is -2.07. The molecule has 0 aliphatic rings. The molecule has 0 atom stereocenters. The number of carbonyl (C=O) groups is 1. The third kappa shape index (κ3) is 2.71. The lowest BCUT2D eigenvalue weighted by Gasteiger charge is -2.17. The summed E-state index contributed by atoms with van der Waals surface area (Å²) in [6.07, 6.45) is 1.74. The first-order valence-electron chi connectivity index (χ1n) is 6.33. The molecule has 2 aromatic heterocycles. The second kappa shape index (κ2) is 5.49. The lowest BCUT2D eigenvalue weighted by atomic mass is 10.2. The number of pyridine rings is 1. The summed E-state index contributed by atoms with van der Waals surface area (Å²) >= 11 is 1.48.